The molecule has 0 saturated carbocycles. The molecule has 0 spiro atoms. The van der Waals surface area contributed by atoms with Crippen LogP contribution in [0.3, 0.4) is 0 Å². The lowest BCUT2D eigenvalue weighted by atomic mass is 10.5. The van der Waals surface area contributed by atoms with Gasteiger partial charge in [-0.05, 0) is 12.1 Å². The molecule has 0 bridgehead atoms. The average molecular weight is 272 g/mol. The van der Waals surface area contributed by atoms with Crippen molar-refractivity contribution >= 4 is 5.95 Å². The van der Waals surface area contributed by atoms with Crippen LogP contribution in [0.2, 0.25) is 0 Å². The zero-order valence-electron chi connectivity index (χ0n) is 10.7. The summed E-state index contributed by atoms with van der Waals surface area (Å²) in [4.78, 5) is 16.5. The summed E-state index contributed by atoms with van der Waals surface area (Å²) in [6, 6.07) is 3.82. The SMILES string of the molecule is CNc1nc(OCc2ccco2)nc(-n2ccnc2)n1. The first kappa shape index (κ1) is 12.2. The minimum absolute atomic E-state index is 0.212. The number of rotatable bonds is 5. The number of anilines is 1. The second kappa shape index (κ2) is 5.39. The molecule has 0 aliphatic heterocycles. The van der Waals surface area contributed by atoms with Gasteiger partial charge >= 0.3 is 6.01 Å². The maximum Gasteiger partial charge on any atom is 0.323 e. The van der Waals surface area contributed by atoms with Crippen molar-refractivity contribution in [2.24, 2.45) is 0 Å². The summed E-state index contributed by atoms with van der Waals surface area (Å²) in [5.74, 6) is 1.54. The molecule has 8 nitrogen and oxygen atoms in total. The van der Waals surface area contributed by atoms with Gasteiger partial charge in [-0.2, -0.15) is 15.0 Å². The quantitative estimate of drug-likeness (QED) is 0.747. The van der Waals surface area contributed by atoms with Crippen LogP contribution in [0.25, 0.3) is 5.95 Å². The summed E-state index contributed by atoms with van der Waals surface area (Å²) in [7, 11) is 1.73. The number of imidazole rings is 1. The highest BCUT2D eigenvalue weighted by Crippen LogP contribution is 2.12. The minimum atomic E-state index is 0.212. The zero-order chi connectivity index (χ0) is 13.8. The number of furan rings is 1. The highest BCUT2D eigenvalue weighted by molar-refractivity contribution is 5.29. The van der Waals surface area contributed by atoms with Crippen LogP contribution in [0.4, 0.5) is 5.95 Å². The monoisotopic (exact) mass is 272 g/mol. The Labute approximate surface area is 114 Å². The molecule has 3 aromatic rings. The smallest absolute Gasteiger partial charge is 0.323 e. The lowest BCUT2D eigenvalue weighted by Crippen LogP contribution is -2.08. The fraction of sp³-hybridized carbons (Fsp3) is 0.167. The summed E-state index contributed by atoms with van der Waals surface area (Å²) in [6.07, 6.45) is 6.57. The van der Waals surface area contributed by atoms with Crippen molar-refractivity contribution in [2.75, 3.05) is 12.4 Å². The number of hydrogen-bond acceptors (Lipinski definition) is 7. The van der Waals surface area contributed by atoms with Gasteiger partial charge in [0.15, 0.2) is 0 Å². The molecule has 0 aliphatic rings. The van der Waals surface area contributed by atoms with E-state index >= 15 is 0 Å². The average Bonchev–Trinajstić information content (AvgIpc) is 3.17. The van der Waals surface area contributed by atoms with Gasteiger partial charge in [0.2, 0.25) is 11.9 Å². The summed E-state index contributed by atoms with van der Waals surface area (Å²) >= 11 is 0. The lowest BCUT2D eigenvalue weighted by molar-refractivity contribution is 0.249. The van der Waals surface area contributed by atoms with E-state index in [4.69, 9.17) is 9.15 Å². The van der Waals surface area contributed by atoms with Crippen LogP contribution in [-0.4, -0.2) is 31.6 Å². The van der Waals surface area contributed by atoms with E-state index in [9.17, 15) is 0 Å². The number of ether oxygens (including phenoxy) is 1. The van der Waals surface area contributed by atoms with E-state index in [1.165, 1.54) is 0 Å². The molecule has 3 heterocycles. The Hall–Kier alpha value is -2.90. The van der Waals surface area contributed by atoms with Gasteiger partial charge in [-0.1, -0.05) is 0 Å². The maximum absolute atomic E-state index is 5.50. The van der Waals surface area contributed by atoms with Crippen molar-refractivity contribution in [2.45, 2.75) is 6.61 Å². The maximum atomic E-state index is 5.50. The number of nitrogens with zero attached hydrogens (tertiary/aromatic N) is 5. The van der Waals surface area contributed by atoms with E-state index in [1.54, 1.807) is 42.7 Å². The van der Waals surface area contributed by atoms with Crippen LogP contribution < -0.4 is 10.1 Å². The molecular formula is C12H12N6O2. The Kier molecular flexibility index (Phi) is 3.27. The van der Waals surface area contributed by atoms with Crippen molar-refractivity contribution in [3.8, 4) is 12.0 Å². The Morgan fingerprint density at radius 2 is 2.30 bits per heavy atom. The highest BCUT2D eigenvalue weighted by Gasteiger charge is 2.09. The second-order valence-electron chi connectivity index (χ2n) is 3.83. The van der Waals surface area contributed by atoms with Gasteiger partial charge in [0, 0.05) is 19.4 Å². The molecule has 3 aromatic heterocycles. The number of aromatic nitrogens is 5. The van der Waals surface area contributed by atoms with Crippen LogP contribution in [0.5, 0.6) is 6.01 Å². The molecule has 3 rings (SSSR count). The van der Waals surface area contributed by atoms with Gasteiger partial charge in [-0.15, -0.1) is 0 Å². The molecule has 0 aromatic carbocycles. The third-order valence-electron chi connectivity index (χ3n) is 2.49. The Balaban J connectivity index is 1.84. The van der Waals surface area contributed by atoms with Gasteiger partial charge in [-0.25, -0.2) is 4.98 Å². The van der Waals surface area contributed by atoms with Crippen LogP contribution in [-0.2, 0) is 6.61 Å². The molecule has 8 heteroatoms. The number of hydrogen-bond donors (Lipinski definition) is 1. The molecule has 20 heavy (non-hydrogen) atoms. The predicted molar refractivity (Wildman–Crippen MR) is 69.5 cm³/mol. The largest absolute Gasteiger partial charge is 0.466 e. The fourth-order valence-corrected chi connectivity index (χ4v) is 1.55. The van der Waals surface area contributed by atoms with Crippen molar-refractivity contribution < 1.29 is 9.15 Å². The van der Waals surface area contributed by atoms with Gasteiger partial charge in [0.1, 0.15) is 18.7 Å². The summed E-state index contributed by atoms with van der Waals surface area (Å²) in [6.45, 7) is 0.254. The molecule has 102 valence electrons. The van der Waals surface area contributed by atoms with Gasteiger partial charge in [0.05, 0.1) is 6.26 Å². The molecule has 0 aliphatic carbocycles. The van der Waals surface area contributed by atoms with Gasteiger partial charge in [-0.3, -0.25) is 4.57 Å². The van der Waals surface area contributed by atoms with Gasteiger partial charge in [0.25, 0.3) is 0 Å². The molecule has 0 fully saturated rings. The zero-order valence-corrected chi connectivity index (χ0v) is 10.7. The van der Waals surface area contributed by atoms with Crippen LogP contribution in [0.1, 0.15) is 5.76 Å². The fourth-order valence-electron chi connectivity index (χ4n) is 1.55. The molecule has 0 amide bonds. The molecule has 0 radical (unpaired) electrons. The van der Waals surface area contributed by atoms with E-state index in [1.807, 2.05) is 6.07 Å². The van der Waals surface area contributed by atoms with Gasteiger partial charge < -0.3 is 14.5 Å². The summed E-state index contributed by atoms with van der Waals surface area (Å²) in [5, 5.41) is 2.86. The third kappa shape index (κ3) is 2.58. The summed E-state index contributed by atoms with van der Waals surface area (Å²) in [5.41, 5.74) is 0. The first-order valence-electron chi connectivity index (χ1n) is 5.92. The van der Waals surface area contributed by atoms with Crippen molar-refractivity contribution in [1.82, 2.24) is 24.5 Å². The van der Waals surface area contributed by atoms with E-state index in [0.717, 1.165) is 0 Å². The first-order chi connectivity index (χ1) is 9.85. The molecular weight excluding hydrogens is 260 g/mol. The second-order valence-corrected chi connectivity index (χ2v) is 3.83. The normalized spacial score (nSPS) is 10.4. The van der Waals surface area contributed by atoms with Crippen molar-refractivity contribution in [1.29, 1.82) is 0 Å². The number of nitrogens with one attached hydrogen (secondary N) is 1. The Morgan fingerprint density at radius 1 is 1.35 bits per heavy atom. The van der Waals surface area contributed by atoms with E-state index < -0.39 is 0 Å². The van der Waals surface area contributed by atoms with Crippen LogP contribution in [0.15, 0.2) is 41.5 Å². The van der Waals surface area contributed by atoms with Crippen molar-refractivity contribution in [3.63, 3.8) is 0 Å². The van der Waals surface area contributed by atoms with E-state index in [0.29, 0.717) is 17.7 Å². The first-order valence-corrected chi connectivity index (χ1v) is 5.92. The third-order valence-corrected chi connectivity index (χ3v) is 2.49. The molecule has 0 atom stereocenters. The van der Waals surface area contributed by atoms with E-state index in [-0.39, 0.29) is 12.6 Å². The van der Waals surface area contributed by atoms with E-state index in [2.05, 4.69) is 25.3 Å². The standard InChI is InChI=1S/C12H12N6O2/c1-13-10-15-11(18-5-4-14-8-18)17-12(16-10)20-7-9-3-2-6-19-9/h2-6,8H,7H2,1H3,(H,13,15,16,17). The lowest BCUT2D eigenvalue weighted by Gasteiger charge is -2.07. The molecule has 1 N–H and O–H groups in total. The summed E-state index contributed by atoms with van der Waals surface area (Å²) < 4.78 is 12.4. The topological polar surface area (TPSA) is 90.9 Å². The Morgan fingerprint density at radius 3 is 3.00 bits per heavy atom. The van der Waals surface area contributed by atoms with Crippen LogP contribution in [0, 0.1) is 0 Å². The predicted octanol–water partition coefficient (Wildman–Crippen LogP) is 1.27. The molecule has 0 saturated heterocycles. The molecule has 0 unspecified atom stereocenters. The highest BCUT2D eigenvalue weighted by atomic mass is 16.5. The van der Waals surface area contributed by atoms with Crippen molar-refractivity contribution in [3.05, 3.63) is 42.9 Å². The van der Waals surface area contributed by atoms with Crippen LogP contribution >= 0.6 is 0 Å². The Bertz CT molecular complexity index is 665. The minimum Gasteiger partial charge on any atom is -0.466 e.